The van der Waals surface area contributed by atoms with Crippen LogP contribution in [0.25, 0.3) is 0 Å². The molecule has 0 unspecified atom stereocenters. The Kier molecular flexibility index (Phi) is 6.35. The van der Waals surface area contributed by atoms with Crippen LogP contribution in [-0.4, -0.2) is 17.3 Å². The van der Waals surface area contributed by atoms with Crippen molar-refractivity contribution in [2.24, 2.45) is 5.16 Å². The molecule has 0 amide bonds. The zero-order chi connectivity index (χ0) is 17.4. The number of aromatic nitrogens is 1. The largest absolute Gasteiger partial charge is 0.416 e. The molecule has 0 N–H and O–H groups in total. The number of benzene rings is 1. The number of rotatable bonds is 7. The van der Waals surface area contributed by atoms with Crippen LogP contribution < -0.4 is 0 Å². The summed E-state index contributed by atoms with van der Waals surface area (Å²) in [5.74, 6) is 0. The number of oxime groups is 1. The molecule has 0 bridgehead atoms. The standard InChI is InChI=1S/C18H19F3N2O/c1-2-3-6-12-24-23-17(16-10-4-5-11-22-16)14-8-7-9-15(13-14)18(19,20)21/h4-5,7-11,13H,2-3,6,12H2,1H3. The van der Waals surface area contributed by atoms with Crippen molar-refractivity contribution < 1.29 is 18.0 Å². The average molecular weight is 336 g/mol. The SMILES string of the molecule is CCCCCON=C(c1cccc(C(F)(F)F)c1)c1ccccn1. The van der Waals surface area contributed by atoms with Gasteiger partial charge >= 0.3 is 6.18 Å². The summed E-state index contributed by atoms with van der Waals surface area (Å²) in [6.45, 7) is 2.49. The maximum atomic E-state index is 12.9. The molecule has 6 heteroatoms. The lowest BCUT2D eigenvalue weighted by Gasteiger charge is -2.10. The van der Waals surface area contributed by atoms with Gasteiger partial charge in [-0.25, -0.2) is 0 Å². The number of hydrogen-bond donors (Lipinski definition) is 0. The van der Waals surface area contributed by atoms with E-state index in [9.17, 15) is 13.2 Å². The minimum absolute atomic E-state index is 0.290. The summed E-state index contributed by atoms with van der Waals surface area (Å²) in [6.07, 6.45) is 0.0622. The van der Waals surface area contributed by atoms with Crippen LogP contribution in [0.15, 0.2) is 53.8 Å². The van der Waals surface area contributed by atoms with Crippen LogP contribution in [0.2, 0.25) is 0 Å². The first kappa shape index (κ1) is 18.0. The number of pyridine rings is 1. The molecule has 0 saturated carbocycles. The van der Waals surface area contributed by atoms with E-state index in [0.717, 1.165) is 31.4 Å². The van der Waals surface area contributed by atoms with Crippen molar-refractivity contribution in [1.29, 1.82) is 0 Å². The van der Waals surface area contributed by atoms with Crippen LogP contribution in [0.5, 0.6) is 0 Å². The van der Waals surface area contributed by atoms with E-state index in [2.05, 4.69) is 17.1 Å². The Morgan fingerprint density at radius 3 is 2.62 bits per heavy atom. The average Bonchev–Trinajstić information content (AvgIpc) is 2.58. The molecule has 0 atom stereocenters. The smallest absolute Gasteiger partial charge is 0.395 e. The second-order valence-electron chi connectivity index (χ2n) is 5.27. The molecule has 1 aromatic heterocycles. The molecule has 0 spiro atoms. The highest BCUT2D eigenvalue weighted by molar-refractivity contribution is 6.11. The third-order valence-corrected chi connectivity index (χ3v) is 3.37. The Balaban J connectivity index is 2.31. The van der Waals surface area contributed by atoms with Gasteiger partial charge in [-0.2, -0.15) is 13.2 Å². The second-order valence-corrected chi connectivity index (χ2v) is 5.27. The molecule has 24 heavy (non-hydrogen) atoms. The number of halogens is 3. The quantitative estimate of drug-likeness (QED) is 0.402. The molecule has 2 rings (SSSR count). The summed E-state index contributed by atoms with van der Waals surface area (Å²) in [4.78, 5) is 9.47. The fourth-order valence-corrected chi connectivity index (χ4v) is 2.12. The van der Waals surface area contributed by atoms with Gasteiger partial charge in [-0.05, 0) is 30.7 Å². The van der Waals surface area contributed by atoms with Gasteiger partial charge in [0.25, 0.3) is 0 Å². The van der Waals surface area contributed by atoms with Gasteiger partial charge in [0.05, 0.1) is 11.3 Å². The van der Waals surface area contributed by atoms with E-state index in [-0.39, 0.29) is 5.71 Å². The fraction of sp³-hybridized carbons (Fsp3) is 0.333. The minimum atomic E-state index is -4.41. The maximum absolute atomic E-state index is 12.9. The van der Waals surface area contributed by atoms with Crippen molar-refractivity contribution in [3.63, 3.8) is 0 Å². The zero-order valence-corrected chi connectivity index (χ0v) is 13.4. The Morgan fingerprint density at radius 1 is 1.12 bits per heavy atom. The van der Waals surface area contributed by atoms with Gasteiger partial charge in [0.15, 0.2) is 0 Å². The summed E-state index contributed by atoms with van der Waals surface area (Å²) in [5, 5.41) is 4.05. The Labute approximate surface area is 139 Å². The monoisotopic (exact) mass is 336 g/mol. The highest BCUT2D eigenvalue weighted by atomic mass is 19.4. The summed E-state index contributed by atoms with van der Waals surface area (Å²) in [6, 6.07) is 10.2. The predicted molar refractivity (Wildman–Crippen MR) is 86.8 cm³/mol. The van der Waals surface area contributed by atoms with E-state index < -0.39 is 11.7 Å². The number of nitrogens with zero attached hydrogens (tertiary/aromatic N) is 2. The number of alkyl halides is 3. The summed E-state index contributed by atoms with van der Waals surface area (Å²) < 4.78 is 38.8. The van der Waals surface area contributed by atoms with E-state index in [1.165, 1.54) is 6.07 Å². The van der Waals surface area contributed by atoms with E-state index >= 15 is 0 Å². The maximum Gasteiger partial charge on any atom is 0.416 e. The van der Waals surface area contributed by atoms with Crippen LogP contribution in [0.4, 0.5) is 13.2 Å². The Morgan fingerprint density at radius 2 is 1.96 bits per heavy atom. The van der Waals surface area contributed by atoms with Gasteiger partial charge in [0.2, 0.25) is 0 Å². The summed E-state index contributed by atoms with van der Waals surface area (Å²) >= 11 is 0. The van der Waals surface area contributed by atoms with Gasteiger partial charge in [-0.3, -0.25) is 4.98 Å². The third-order valence-electron chi connectivity index (χ3n) is 3.37. The molecule has 0 aliphatic rings. The van der Waals surface area contributed by atoms with Crippen LogP contribution in [0.1, 0.15) is 43.0 Å². The van der Waals surface area contributed by atoms with Crippen LogP contribution in [-0.2, 0) is 11.0 Å². The van der Waals surface area contributed by atoms with E-state index in [4.69, 9.17) is 4.84 Å². The molecule has 128 valence electrons. The second kappa shape index (κ2) is 8.47. The number of hydrogen-bond acceptors (Lipinski definition) is 3. The first-order valence-electron chi connectivity index (χ1n) is 7.81. The highest BCUT2D eigenvalue weighted by Gasteiger charge is 2.30. The van der Waals surface area contributed by atoms with E-state index in [1.807, 2.05) is 0 Å². The molecule has 1 aromatic carbocycles. The van der Waals surface area contributed by atoms with Gasteiger partial charge in [0, 0.05) is 11.8 Å². The van der Waals surface area contributed by atoms with Gasteiger partial charge in [0.1, 0.15) is 12.3 Å². The topological polar surface area (TPSA) is 34.5 Å². The molecule has 0 saturated heterocycles. The Hall–Kier alpha value is -2.37. The highest BCUT2D eigenvalue weighted by Crippen LogP contribution is 2.30. The minimum Gasteiger partial charge on any atom is -0.395 e. The summed E-state index contributed by atoms with van der Waals surface area (Å²) in [5.41, 5.74) is 0.346. The lowest BCUT2D eigenvalue weighted by molar-refractivity contribution is -0.137. The van der Waals surface area contributed by atoms with Crippen molar-refractivity contribution in [3.05, 3.63) is 65.5 Å². The third kappa shape index (κ3) is 5.08. The van der Waals surface area contributed by atoms with Crippen LogP contribution in [0, 0.1) is 0 Å². The first-order valence-corrected chi connectivity index (χ1v) is 7.81. The van der Waals surface area contributed by atoms with E-state index in [0.29, 0.717) is 17.9 Å². The van der Waals surface area contributed by atoms with Crippen molar-refractivity contribution in [1.82, 2.24) is 4.98 Å². The fourth-order valence-electron chi connectivity index (χ4n) is 2.12. The number of unbranched alkanes of at least 4 members (excludes halogenated alkanes) is 2. The molecule has 0 aliphatic carbocycles. The molecule has 0 radical (unpaired) electrons. The van der Waals surface area contributed by atoms with Crippen LogP contribution in [0.3, 0.4) is 0 Å². The van der Waals surface area contributed by atoms with Crippen molar-refractivity contribution in [2.75, 3.05) is 6.61 Å². The lowest BCUT2D eigenvalue weighted by Crippen LogP contribution is -2.10. The zero-order valence-electron chi connectivity index (χ0n) is 13.4. The first-order chi connectivity index (χ1) is 11.5. The Bertz CT molecular complexity index is 669. The van der Waals surface area contributed by atoms with E-state index in [1.54, 1.807) is 30.5 Å². The van der Waals surface area contributed by atoms with Crippen molar-refractivity contribution >= 4 is 5.71 Å². The van der Waals surface area contributed by atoms with Crippen molar-refractivity contribution in [3.8, 4) is 0 Å². The summed E-state index contributed by atoms with van der Waals surface area (Å²) in [7, 11) is 0. The normalized spacial score (nSPS) is 12.2. The van der Waals surface area contributed by atoms with Crippen LogP contribution >= 0.6 is 0 Å². The van der Waals surface area contributed by atoms with Gasteiger partial charge in [-0.1, -0.05) is 43.1 Å². The molecule has 1 heterocycles. The van der Waals surface area contributed by atoms with Gasteiger partial charge in [-0.15, -0.1) is 0 Å². The molecule has 0 aliphatic heterocycles. The molecular weight excluding hydrogens is 317 g/mol. The van der Waals surface area contributed by atoms with Crippen molar-refractivity contribution in [2.45, 2.75) is 32.4 Å². The molecule has 2 aromatic rings. The lowest BCUT2D eigenvalue weighted by atomic mass is 10.0. The molecule has 0 fully saturated rings. The predicted octanol–water partition coefficient (Wildman–Crippen LogP) is 5.06. The molecule has 3 nitrogen and oxygen atoms in total. The van der Waals surface area contributed by atoms with Gasteiger partial charge < -0.3 is 4.84 Å². The molecular formula is C18H19F3N2O.